The van der Waals surface area contributed by atoms with Crippen molar-refractivity contribution >= 4 is 23.2 Å². The van der Waals surface area contributed by atoms with E-state index in [1.165, 1.54) is 32.1 Å². The van der Waals surface area contributed by atoms with Gasteiger partial charge in [0.25, 0.3) is 0 Å². The molecule has 1 aromatic heterocycles. The Hall–Kier alpha value is -0.920. The van der Waals surface area contributed by atoms with E-state index in [2.05, 4.69) is 13.0 Å². The summed E-state index contributed by atoms with van der Waals surface area (Å²) in [5, 5.41) is 0.813. The van der Waals surface area contributed by atoms with E-state index in [1.807, 2.05) is 25.1 Å². The van der Waals surface area contributed by atoms with Crippen LogP contribution in [0.4, 0.5) is 0 Å². The molecule has 1 unspecified atom stereocenters. The van der Waals surface area contributed by atoms with Crippen LogP contribution < -0.4 is 0 Å². The third-order valence-electron chi connectivity index (χ3n) is 4.77. The number of furan rings is 1. The minimum atomic E-state index is 0.0606. The van der Waals surface area contributed by atoms with E-state index < -0.39 is 0 Å². The molecule has 0 aliphatic heterocycles. The zero-order chi connectivity index (χ0) is 15.7. The minimum Gasteiger partial charge on any atom is -0.461 e. The van der Waals surface area contributed by atoms with Gasteiger partial charge >= 0.3 is 0 Å². The molecule has 22 heavy (non-hydrogen) atoms. The highest BCUT2D eigenvalue weighted by atomic mass is 35.5. The molecule has 0 radical (unpaired) electrons. The summed E-state index contributed by atoms with van der Waals surface area (Å²) in [4.78, 5) is 0. The number of alkyl halides is 1. The zero-order valence-electron chi connectivity index (χ0n) is 13.2. The van der Waals surface area contributed by atoms with Gasteiger partial charge in [0.1, 0.15) is 11.5 Å². The molecular formula is C19H22Cl2O. The molecule has 3 rings (SSSR count). The molecule has 1 heterocycles. The first-order chi connectivity index (χ1) is 10.6. The van der Waals surface area contributed by atoms with Crippen molar-refractivity contribution in [2.45, 2.75) is 51.3 Å². The van der Waals surface area contributed by atoms with Crippen molar-refractivity contribution in [1.29, 1.82) is 0 Å². The van der Waals surface area contributed by atoms with Crippen LogP contribution in [0.5, 0.6) is 0 Å². The molecule has 1 aromatic carbocycles. The first-order valence-electron chi connectivity index (χ1n) is 8.07. The standard InChI is InChI=1S/C19H22Cl2O/c1-12-10-15(20)8-9-16(12)18-11-17(13(2)22-18)19(21)14-6-4-3-5-7-14/h8-11,14,19H,3-7H2,1-2H3. The molecule has 1 atom stereocenters. The maximum Gasteiger partial charge on any atom is 0.134 e. The van der Waals surface area contributed by atoms with Crippen LogP contribution in [0, 0.1) is 19.8 Å². The predicted molar refractivity (Wildman–Crippen MR) is 93.8 cm³/mol. The Bertz CT molecular complexity index is 653. The topological polar surface area (TPSA) is 13.1 Å². The Kier molecular flexibility index (Phi) is 4.84. The fraction of sp³-hybridized carbons (Fsp3) is 0.474. The average Bonchev–Trinajstić information content (AvgIpc) is 2.89. The van der Waals surface area contributed by atoms with Gasteiger partial charge < -0.3 is 4.42 Å². The van der Waals surface area contributed by atoms with Gasteiger partial charge in [0.05, 0.1) is 5.38 Å². The molecular weight excluding hydrogens is 315 g/mol. The van der Waals surface area contributed by atoms with E-state index in [4.69, 9.17) is 27.6 Å². The SMILES string of the molecule is Cc1cc(Cl)ccc1-c1cc(C(Cl)C2CCCCC2)c(C)o1. The monoisotopic (exact) mass is 336 g/mol. The molecule has 2 aromatic rings. The summed E-state index contributed by atoms with van der Waals surface area (Å²) in [7, 11) is 0. The Morgan fingerprint density at radius 3 is 2.50 bits per heavy atom. The zero-order valence-corrected chi connectivity index (χ0v) is 14.7. The molecule has 1 fully saturated rings. The maximum atomic E-state index is 6.78. The highest BCUT2D eigenvalue weighted by molar-refractivity contribution is 6.30. The van der Waals surface area contributed by atoms with Gasteiger partial charge in [-0.25, -0.2) is 0 Å². The van der Waals surface area contributed by atoms with Gasteiger partial charge in [0.2, 0.25) is 0 Å². The molecule has 1 aliphatic rings. The second kappa shape index (κ2) is 6.68. The van der Waals surface area contributed by atoms with Crippen molar-refractivity contribution in [3.63, 3.8) is 0 Å². The molecule has 0 N–H and O–H groups in total. The molecule has 1 nitrogen and oxygen atoms in total. The summed E-state index contributed by atoms with van der Waals surface area (Å²) < 4.78 is 6.01. The van der Waals surface area contributed by atoms with Crippen LogP contribution in [0.2, 0.25) is 5.02 Å². The molecule has 1 saturated carbocycles. The van der Waals surface area contributed by atoms with E-state index in [1.54, 1.807) is 0 Å². The lowest BCUT2D eigenvalue weighted by molar-refractivity contribution is 0.346. The summed E-state index contributed by atoms with van der Waals surface area (Å²) in [6.07, 6.45) is 6.41. The summed E-state index contributed by atoms with van der Waals surface area (Å²) >= 11 is 12.8. The second-order valence-electron chi connectivity index (χ2n) is 6.38. The number of benzene rings is 1. The fourth-order valence-electron chi connectivity index (χ4n) is 3.49. The van der Waals surface area contributed by atoms with Crippen LogP contribution >= 0.6 is 23.2 Å². The molecule has 0 spiro atoms. The smallest absolute Gasteiger partial charge is 0.134 e. The largest absolute Gasteiger partial charge is 0.461 e. The van der Waals surface area contributed by atoms with Crippen LogP contribution in [0.1, 0.15) is 54.4 Å². The van der Waals surface area contributed by atoms with Gasteiger partial charge in [-0.15, -0.1) is 11.6 Å². The van der Waals surface area contributed by atoms with Crippen LogP contribution in [0.25, 0.3) is 11.3 Å². The van der Waals surface area contributed by atoms with Crippen molar-refractivity contribution in [2.24, 2.45) is 5.92 Å². The van der Waals surface area contributed by atoms with Crippen molar-refractivity contribution in [3.05, 3.63) is 46.2 Å². The van der Waals surface area contributed by atoms with Gasteiger partial charge in [0.15, 0.2) is 0 Å². The maximum absolute atomic E-state index is 6.78. The number of rotatable bonds is 3. The quantitative estimate of drug-likeness (QED) is 0.546. The van der Waals surface area contributed by atoms with Crippen LogP contribution in [0.15, 0.2) is 28.7 Å². The fourth-order valence-corrected chi connectivity index (χ4v) is 4.18. The lowest BCUT2D eigenvalue weighted by Gasteiger charge is -2.25. The third kappa shape index (κ3) is 3.21. The molecule has 3 heteroatoms. The van der Waals surface area contributed by atoms with Crippen LogP contribution in [0.3, 0.4) is 0 Å². The second-order valence-corrected chi connectivity index (χ2v) is 7.29. The molecule has 0 amide bonds. The first kappa shape index (κ1) is 16.0. The van der Waals surface area contributed by atoms with Gasteiger partial charge in [-0.3, -0.25) is 0 Å². The molecule has 1 aliphatic carbocycles. The predicted octanol–water partition coefficient (Wildman–Crippen LogP) is 7.08. The summed E-state index contributed by atoms with van der Waals surface area (Å²) in [6, 6.07) is 8.01. The summed E-state index contributed by atoms with van der Waals surface area (Å²) in [6.45, 7) is 4.07. The first-order valence-corrected chi connectivity index (χ1v) is 8.88. The Morgan fingerprint density at radius 2 is 1.82 bits per heavy atom. The third-order valence-corrected chi connectivity index (χ3v) is 5.60. The van der Waals surface area contributed by atoms with Crippen molar-refractivity contribution in [1.82, 2.24) is 0 Å². The summed E-state index contributed by atoms with van der Waals surface area (Å²) in [5.74, 6) is 2.41. The van der Waals surface area contributed by atoms with E-state index >= 15 is 0 Å². The highest BCUT2D eigenvalue weighted by Crippen LogP contribution is 2.42. The van der Waals surface area contributed by atoms with Gasteiger partial charge in [-0.1, -0.05) is 30.9 Å². The molecule has 0 saturated heterocycles. The van der Waals surface area contributed by atoms with E-state index in [0.29, 0.717) is 5.92 Å². The van der Waals surface area contributed by atoms with Crippen molar-refractivity contribution < 1.29 is 4.42 Å². The number of halogens is 2. The van der Waals surface area contributed by atoms with E-state index in [-0.39, 0.29) is 5.38 Å². The lowest BCUT2D eigenvalue weighted by atomic mass is 9.84. The molecule has 118 valence electrons. The van der Waals surface area contributed by atoms with Gasteiger partial charge in [-0.05, 0) is 62.4 Å². The van der Waals surface area contributed by atoms with Crippen molar-refractivity contribution in [2.75, 3.05) is 0 Å². The normalized spacial score (nSPS) is 17.6. The van der Waals surface area contributed by atoms with Gasteiger partial charge in [0, 0.05) is 16.1 Å². The summed E-state index contributed by atoms with van der Waals surface area (Å²) in [5.41, 5.74) is 3.36. The van der Waals surface area contributed by atoms with E-state index in [9.17, 15) is 0 Å². The van der Waals surface area contributed by atoms with Gasteiger partial charge in [-0.2, -0.15) is 0 Å². The average molecular weight is 337 g/mol. The Balaban J connectivity index is 1.89. The van der Waals surface area contributed by atoms with Crippen LogP contribution in [-0.4, -0.2) is 0 Å². The molecule has 0 bridgehead atoms. The Labute approximate surface area is 142 Å². The number of aryl methyl sites for hydroxylation is 2. The minimum absolute atomic E-state index is 0.0606. The van der Waals surface area contributed by atoms with Crippen LogP contribution in [-0.2, 0) is 0 Å². The number of hydrogen-bond acceptors (Lipinski definition) is 1. The highest BCUT2D eigenvalue weighted by Gasteiger charge is 2.26. The van der Waals surface area contributed by atoms with E-state index in [0.717, 1.165) is 33.2 Å². The Morgan fingerprint density at radius 1 is 1.09 bits per heavy atom. The van der Waals surface area contributed by atoms with Crippen molar-refractivity contribution in [3.8, 4) is 11.3 Å². The number of hydrogen-bond donors (Lipinski definition) is 0. The lowest BCUT2D eigenvalue weighted by Crippen LogP contribution is -2.12.